The van der Waals surface area contributed by atoms with Gasteiger partial charge in [0.05, 0.1) is 11.1 Å². The number of aromatic nitrogens is 3. The molecule has 21 heavy (non-hydrogen) atoms. The highest BCUT2D eigenvalue weighted by atomic mass is 35.5. The van der Waals surface area contributed by atoms with Crippen LogP contribution in [0.2, 0.25) is 5.15 Å². The van der Waals surface area contributed by atoms with Crippen LogP contribution in [0.5, 0.6) is 0 Å². The average molecular weight is 303 g/mol. The number of pyridine rings is 1. The number of halogens is 1. The van der Waals surface area contributed by atoms with Crippen molar-refractivity contribution in [3.63, 3.8) is 0 Å². The SMILES string of the molecule is O=C(NCCc1ncno1)c1cc(Cl)nc2ccccc12. The fourth-order valence-electron chi connectivity index (χ4n) is 2.02. The van der Waals surface area contributed by atoms with Crippen LogP contribution in [0.4, 0.5) is 0 Å². The summed E-state index contributed by atoms with van der Waals surface area (Å²) >= 11 is 5.96. The summed E-state index contributed by atoms with van der Waals surface area (Å²) in [7, 11) is 0. The van der Waals surface area contributed by atoms with E-state index >= 15 is 0 Å². The molecule has 2 heterocycles. The number of hydrogen-bond donors (Lipinski definition) is 1. The maximum atomic E-state index is 12.3. The Kier molecular flexibility index (Phi) is 3.79. The van der Waals surface area contributed by atoms with Crippen LogP contribution in [-0.2, 0) is 6.42 Å². The van der Waals surface area contributed by atoms with Crippen molar-refractivity contribution in [1.82, 2.24) is 20.4 Å². The van der Waals surface area contributed by atoms with Gasteiger partial charge in [-0.2, -0.15) is 4.98 Å². The van der Waals surface area contributed by atoms with E-state index < -0.39 is 0 Å². The maximum absolute atomic E-state index is 12.3. The van der Waals surface area contributed by atoms with Gasteiger partial charge in [-0.3, -0.25) is 4.79 Å². The molecule has 0 bridgehead atoms. The fraction of sp³-hybridized carbons (Fsp3) is 0.143. The van der Waals surface area contributed by atoms with Gasteiger partial charge in [0.15, 0.2) is 6.33 Å². The summed E-state index contributed by atoms with van der Waals surface area (Å²) in [6.07, 6.45) is 1.80. The van der Waals surface area contributed by atoms with Gasteiger partial charge >= 0.3 is 0 Å². The van der Waals surface area contributed by atoms with Crippen molar-refractivity contribution in [3.8, 4) is 0 Å². The third-order valence-corrected chi connectivity index (χ3v) is 3.15. The van der Waals surface area contributed by atoms with Crippen LogP contribution < -0.4 is 5.32 Å². The first kappa shape index (κ1) is 13.5. The summed E-state index contributed by atoms with van der Waals surface area (Å²) in [6, 6.07) is 8.92. The van der Waals surface area contributed by atoms with Crippen LogP contribution in [0, 0.1) is 0 Å². The lowest BCUT2D eigenvalue weighted by Gasteiger charge is -2.07. The number of carbonyl (C=O) groups excluding carboxylic acids is 1. The molecule has 0 aliphatic carbocycles. The van der Waals surface area contributed by atoms with E-state index in [0.717, 1.165) is 5.39 Å². The molecule has 0 radical (unpaired) electrons. The lowest BCUT2D eigenvalue weighted by molar-refractivity contribution is 0.0955. The second-order valence-electron chi connectivity index (χ2n) is 4.35. The van der Waals surface area contributed by atoms with E-state index in [1.807, 2.05) is 24.3 Å². The third kappa shape index (κ3) is 3.00. The number of nitrogens with one attached hydrogen (secondary N) is 1. The molecule has 0 spiro atoms. The molecule has 106 valence electrons. The van der Waals surface area contributed by atoms with Crippen LogP contribution in [0.15, 0.2) is 41.2 Å². The Hall–Kier alpha value is -2.47. The van der Waals surface area contributed by atoms with Crippen molar-refractivity contribution in [3.05, 3.63) is 53.3 Å². The molecule has 0 saturated heterocycles. The molecule has 1 N–H and O–H groups in total. The molecule has 1 aromatic carbocycles. The Labute approximate surface area is 125 Å². The first-order valence-corrected chi connectivity index (χ1v) is 6.71. The minimum Gasteiger partial charge on any atom is -0.351 e. The molecule has 7 heteroatoms. The number of amides is 1. The number of benzene rings is 1. The third-order valence-electron chi connectivity index (χ3n) is 2.96. The van der Waals surface area contributed by atoms with E-state index in [-0.39, 0.29) is 11.1 Å². The minimum absolute atomic E-state index is 0.213. The average Bonchev–Trinajstić information content (AvgIpc) is 2.99. The van der Waals surface area contributed by atoms with Gasteiger partial charge in [0.25, 0.3) is 5.91 Å². The molecular formula is C14H11ClN4O2. The van der Waals surface area contributed by atoms with Gasteiger partial charge in [-0.15, -0.1) is 0 Å². The van der Waals surface area contributed by atoms with E-state index in [9.17, 15) is 4.79 Å². The molecule has 6 nitrogen and oxygen atoms in total. The predicted octanol–water partition coefficient (Wildman–Crippen LogP) is 2.24. The quantitative estimate of drug-likeness (QED) is 0.748. The van der Waals surface area contributed by atoms with Crippen molar-refractivity contribution >= 4 is 28.4 Å². The van der Waals surface area contributed by atoms with Crippen molar-refractivity contribution in [1.29, 1.82) is 0 Å². The van der Waals surface area contributed by atoms with E-state index in [0.29, 0.717) is 29.9 Å². The summed E-state index contributed by atoms with van der Waals surface area (Å²) < 4.78 is 4.87. The van der Waals surface area contributed by atoms with Crippen LogP contribution in [0.25, 0.3) is 10.9 Å². The molecule has 0 saturated carbocycles. The smallest absolute Gasteiger partial charge is 0.252 e. The Bertz CT molecular complexity index is 774. The van der Waals surface area contributed by atoms with Crippen LogP contribution in [0.3, 0.4) is 0 Å². The highest BCUT2D eigenvalue weighted by Gasteiger charge is 2.12. The lowest BCUT2D eigenvalue weighted by atomic mass is 10.1. The van der Waals surface area contributed by atoms with Gasteiger partial charge in [-0.1, -0.05) is 35.0 Å². The normalized spacial score (nSPS) is 10.7. The van der Waals surface area contributed by atoms with Gasteiger partial charge in [0, 0.05) is 18.4 Å². The molecule has 0 atom stereocenters. The van der Waals surface area contributed by atoms with E-state index in [1.54, 1.807) is 6.07 Å². The monoisotopic (exact) mass is 302 g/mol. The van der Waals surface area contributed by atoms with Crippen molar-refractivity contribution in [2.24, 2.45) is 0 Å². The zero-order chi connectivity index (χ0) is 14.7. The lowest BCUT2D eigenvalue weighted by Crippen LogP contribution is -2.26. The highest BCUT2D eigenvalue weighted by Crippen LogP contribution is 2.20. The predicted molar refractivity (Wildman–Crippen MR) is 77.1 cm³/mol. The second-order valence-corrected chi connectivity index (χ2v) is 4.74. The maximum Gasteiger partial charge on any atom is 0.252 e. The largest absolute Gasteiger partial charge is 0.351 e. The molecule has 0 aliphatic heterocycles. The molecule has 0 aliphatic rings. The number of para-hydroxylation sites is 1. The Morgan fingerprint density at radius 1 is 1.33 bits per heavy atom. The van der Waals surface area contributed by atoms with Gasteiger partial charge < -0.3 is 9.84 Å². The first-order chi connectivity index (χ1) is 10.2. The highest BCUT2D eigenvalue weighted by molar-refractivity contribution is 6.30. The molecule has 0 unspecified atom stereocenters. The summed E-state index contributed by atoms with van der Waals surface area (Å²) in [5.41, 5.74) is 1.18. The Morgan fingerprint density at radius 3 is 3.00 bits per heavy atom. The number of carbonyl (C=O) groups is 1. The van der Waals surface area contributed by atoms with E-state index in [1.165, 1.54) is 6.33 Å². The zero-order valence-corrected chi connectivity index (χ0v) is 11.7. The molecular weight excluding hydrogens is 292 g/mol. The summed E-state index contributed by atoms with van der Waals surface area (Å²) in [5.74, 6) is 0.267. The number of rotatable bonds is 4. The molecule has 0 fully saturated rings. The summed E-state index contributed by atoms with van der Waals surface area (Å²) in [6.45, 7) is 0.398. The Morgan fingerprint density at radius 2 is 2.19 bits per heavy atom. The van der Waals surface area contributed by atoms with Gasteiger partial charge in [-0.05, 0) is 12.1 Å². The number of hydrogen-bond acceptors (Lipinski definition) is 5. The summed E-state index contributed by atoms with van der Waals surface area (Å²) in [5, 5.41) is 7.36. The number of fused-ring (bicyclic) bond motifs is 1. The van der Waals surface area contributed by atoms with Crippen LogP contribution in [-0.4, -0.2) is 27.6 Å². The fourth-order valence-corrected chi connectivity index (χ4v) is 2.22. The Balaban J connectivity index is 1.78. The topological polar surface area (TPSA) is 80.9 Å². The standard InChI is InChI=1S/C14H11ClN4O2/c15-12-7-10(9-3-1-2-4-11(9)19-12)14(20)16-6-5-13-17-8-18-21-13/h1-4,7-8H,5-6H2,(H,16,20). The number of nitrogens with zero attached hydrogens (tertiary/aromatic N) is 3. The molecule has 1 amide bonds. The van der Waals surface area contributed by atoms with Gasteiger partial charge in [0.1, 0.15) is 5.15 Å². The zero-order valence-electron chi connectivity index (χ0n) is 10.9. The first-order valence-electron chi connectivity index (χ1n) is 6.33. The van der Waals surface area contributed by atoms with Gasteiger partial charge in [0.2, 0.25) is 5.89 Å². The second kappa shape index (κ2) is 5.88. The van der Waals surface area contributed by atoms with E-state index in [2.05, 4.69) is 20.4 Å². The summed E-state index contributed by atoms with van der Waals surface area (Å²) in [4.78, 5) is 20.4. The van der Waals surface area contributed by atoms with Crippen molar-refractivity contribution in [2.75, 3.05) is 6.54 Å². The van der Waals surface area contributed by atoms with Crippen molar-refractivity contribution < 1.29 is 9.32 Å². The molecule has 2 aromatic heterocycles. The molecule has 3 aromatic rings. The van der Waals surface area contributed by atoms with Crippen LogP contribution >= 0.6 is 11.6 Å². The van der Waals surface area contributed by atoms with Gasteiger partial charge in [-0.25, -0.2) is 4.98 Å². The van der Waals surface area contributed by atoms with E-state index in [4.69, 9.17) is 16.1 Å². The molecule has 3 rings (SSSR count). The minimum atomic E-state index is -0.213. The van der Waals surface area contributed by atoms with Crippen molar-refractivity contribution in [2.45, 2.75) is 6.42 Å². The van der Waals surface area contributed by atoms with Crippen LogP contribution in [0.1, 0.15) is 16.2 Å².